The second-order valence-electron chi connectivity index (χ2n) is 6.20. The Morgan fingerprint density at radius 1 is 0.800 bits per heavy atom. The van der Waals surface area contributed by atoms with Crippen LogP contribution in [0.1, 0.15) is 19.4 Å². The first-order chi connectivity index (χ1) is 14.5. The predicted octanol–water partition coefficient (Wildman–Crippen LogP) is 4.02. The fourth-order valence-electron chi connectivity index (χ4n) is 3.16. The Morgan fingerprint density at radius 2 is 1.43 bits per heavy atom. The van der Waals surface area contributed by atoms with Gasteiger partial charge in [-0.05, 0) is 43.7 Å². The third-order valence-corrected chi connectivity index (χ3v) is 4.84. The van der Waals surface area contributed by atoms with Crippen LogP contribution in [0.4, 0.5) is 5.69 Å². The number of nitrogens with zero attached hydrogens (tertiary/aromatic N) is 1. The van der Waals surface area contributed by atoms with Gasteiger partial charge in [-0.1, -0.05) is 17.7 Å². The molecule has 0 aromatic heterocycles. The van der Waals surface area contributed by atoms with Gasteiger partial charge in [-0.2, -0.15) is 0 Å². The van der Waals surface area contributed by atoms with E-state index in [4.69, 9.17) is 30.5 Å². The molecule has 0 unspecified atom stereocenters. The van der Waals surface area contributed by atoms with E-state index >= 15 is 0 Å². The Labute approximate surface area is 179 Å². The van der Waals surface area contributed by atoms with Crippen LogP contribution in [0.2, 0.25) is 0 Å². The van der Waals surface area contributed by atoms with Crippen LogP contribution < -0.4 is 23.8 Å². The maximum atomic E-state index is 13.2. The van der Waals surface area contributed by atoms with Gasteiger partial charge < -0.3 is 18.9 Å². The zero-order valence-corrected chi connectivity index (χ0v) is 17.9. The van der Waals surface area contributed by atoms with Gasteiger partial charge in [0, 0.05) is 6.07 Å². The van der Waals surface area contributed by atoms with Crippen LogP contribution in [0.25, 0.3) is 5.57 Å². The highest BCUT2D eigenvalue weighted by molar-refractivity contribution is 6.60. The third-order valence-electron chi connectivity index (χ3n) is 4.48. The summed E-state index contributed by atoms with van der Waals surface area (Å²) in [4.78, 5) is 27.0. The van der Waals surface area contributed by atoms with Crippen LogP contribution in [-0.4, -0.2) is 39.2 Å². The van der Waals surface area contributed by atoms with Gasteiger partial charge in [0.1, 0.15) is 5.03 Å². The molecule has 7 nitrogen and oxygen atoms in total. The predicted molar refractivity (Wildman–Crippen MR) is 114 cm³/mol. The molecule has 0 fully saturated rings. The molecule has 0 saturated heterocycles. The first-order valence-corrected chi connectivity index (χ1v) is 9.75. The molecule has 0 spiro atoms. The zero-order valence-electron chi connectivity index (χ0n) is 17.2. The number of carbonyl (C=O) groups is 2. The number of methoxy groups -OCH3 is 2. The standard InChI is InChI=1S/C22H22ClNO6/c1-5-29-16-10-8-14(12-18(16)30-6-2)24-21(25)19(20(23)22(24)26)13-7-9-15(27-3)17(11-13)28-4/h7-12H,5-6H2,1-4H3. The lowest BCUT2D eigenvalue weighted by Gasteiger charge is -2.18. The molecule has 2 aromatic carbocycles. The molecule has 2 aromatic rings. The van der Waals surface area contributed by atoms with E-state index in [1.165, 1.54) is 14.2 Å². The van der Waals surface area contributed by atoms with E-state index in [0.29, 0.717) is 47.5 Å². The molecular weight excluding hydrogens is 410 g/mol. The van der Waals surface area contributed by atoms with E-state index < -0.39 is 11.8 Å². The van der Waals surface area contributed by atoms with Gasteiger partial charge in [-0.15, -0.1) is 0 Å². The number of anilines is 1. The fourth-order valence-corrected chi connectivity index (χ4v) is 3.43. The second-order valence-corrected chi connectivity index (χ2v) is 6.58. The number of carbonyl (C=O) groups excluding carboxylic acids is 2. The number of amides is 2. The minimum Gasteiger partial charge on any atom is -0.493 e. The van der Waals surface area contributed by atoms with Crippen molar-refractivity contribution in [1.29, 1.82) is 0 Å². The summed E-state index contributed by atoms with van der Waals surface area (Å²) in [5.41, 5.74) is 0.884. The lowest BCUT2D eigenvalue weighted by molar-refractivity contribution is -0.119. The average Bonchev–Trinajstić information content (AvgIpc) is 2.97. The third kappa shape index (κ3) is 3.80. The number of hydrogen-bond acceptors (Lipinski definition) is 6. The van der Waals surface area contributed by atoms with Gasteiger partial charge in [0.25, 0.3) is 11.8 Å². The monoisotopic (exact) mass is 431 g/mol. The van der Waals surface area contributed by atoms with Crippen LogP contribution in [0.15, 0.2) is 41.4 Å². The van der Waals surface area contributed by atoms with Crippen LogP contribution in [0.3, 0.4) is 0 Å². The fraction of sp³-hybridized carbons (Fsp3) is 0.273. The molecule has 30 heavy (non-hydrogen) atoms. The maximum absolute atomic E-state index is 13.2. The summed E-state index contributed by atoms with van der Waals surface area (Å²) in [7, 11) is 3.00. The van der Waals surface area contributed by atoms with E-state index in [-0.39, 0.29) is 10.6 Å². The van der Waals surface area contributed by atoms with Crippen LogP contribution in [0.5, 0.6) is 23.0 Å². The lowest BCUT2D eigenvalue weighted by Crippen LogP contribution is -2.31. The second kappa shape index (κ2) is 9.09. The van der Waals surface area contributed by atoms with Crippen molar-refractivity contribution in [3.8, 4) is 23.0 Å². The Morgan fingerprint density at radius 3 is 2.07 bits per heavy atom. The van der Waals surface area contributed by atoms with Crippen molar-refractivity contribution in [2.45, 2.75) is 13.8 Å². The molecule has 0 radical (unpaired) electrons. The topological polar surface area (TPSA) is 74.3 Å². The first kappa shape index (κ1) is 21.5. The summed E-state index contributed by atoms with van der Waals surface area (Å²) in [6.45, 7) is 4.55. The summed E-state index contributed by atoms with van der Waals surface area (Å²) in [6, 6.07) is 9.77. The van der Waals surface area contributed by atoms with Gasteiger partial charge in [0.05, 0.1) is 38.7 Å². The van der Waals surface area contributed by atoms with E-state index in [1.807, 2.05) is 13.8 Å². The van der Waals surface area contributed by atoms with Crippen molar-refractivity contribution >= 4 is 34.7 Å². The van der Waals surface area contributed by atoms with Crippen molar-refractivity contribution in [3.63, 3.8) is 0 Å². The number of rotatable bonds is 8. The van der Waals surface area contributed by atoms with E-state index in [0.717, 1.165) is 4.90 Å². The van der Waals surface area contributed by atoms with Crippen LogP contribution in [0, 0.1) is 0 Å². The van der Waals surface area contributed by atoms with Crippen molar-refractivity contribution in [1.82, 2.24) is 0 Å². The largest absolute Gasteiger partial charge is 0.493 e. The molecule has 1 heterocycles. The Hall–Kier alpha value is -3.19. The van der Waals surface area contributed by atoms with E-state index in [1.54, 1.807) is 36.4 Å². The highest BCUT2D eigenvalue weighted by Crippen LogP contribution is 2.40. The summed E-state index contributed by atoms with van der Waals surface area (Å²) in [5.74, 6) is 0.737. The molecule has 158 valence electrons. The minimum absolute atomic E-state index is 0.0921. The minimum atomic E-state index is -0.613. The Kier molecular flexibility index (Phi) is 6.52. The summed E-state index contributed by atoms with van der Waals surface area (Å²) in [6.07, 6.45) is 0. The van der Waals surface area contributed by atoms with Crippen molar-refractivity contribution in [3.05, 3.63) is 47.0 Å². The van der Waals surface area contributed by atoms with E-state index in [9.17, 15) is 9.59 Å². The number of halogens is 1. The van der Waals surface area contributed by atoms with Gasteiger partial charge in [0.15, 0.2) is 23.0 Å². The number of ether oxygens (including phenoxy) is 4. The first-order valence-electron chi connectivity index (χ1n) is 9.37. The summed E-state index contributed by atoms with van der Waals surface area (Å²) >= 11 is 6.29. The molecule has 0 atom stereocenters. The highest BCUT2D eigenvalue weighted by Gasteiger charge is 2.39. The van der Waals surface area contributed by atoms with Crippen LogP contribution >= 0.6 is 11.6 Å². The molecule has 8 heteroatoms. The number of benzene rings is 2. The quantitative estimate of drug-likeness (QED) is 0.587. The normalized spacial score (nSPS) is 13.7. The smallest absolute Gasteiger partial charge is 0.277 e. The molecule has 0 saturated carbocycles. The average molecular weight is 432 g/mol. The molecule has 0 aliphatic carbocycles. The lowest BCUT2D eigenvalue weighted by atomic mass is 10.1. The molecule has 3 rings (SSSR count). The summed E-state index contributed by atoms with van der Waals surface area (Å²) < 4.78 is 21.7. The molecule has 2 amide bonds. The van der Waals surface area contributed by atoms with Crippen molar-refractivity contribution in [2.75, 3.05) is 32.3 Å². The molecular formula is C22H22ClNO6. The molecule has 0 bridgehead atoms. The molecule has 0 N–H and O–H groups in total. The summed E-state index contributed by atoms with van der Waals surface area (Å²) in [5, 5.41) is -0.168. The Bertz CT molecular complexity index is 1020. The van der Waals surface area contributed by atoms with Gasteiger partial charge >= 0.3 is 0 Å². The maximum Gasteiger partial charge on any atom is 0.277 e. The number of hydrogen-bond donors (Lipinski definition) is 0. The van der Waals surface area contributed by atoms with Crippen LogP contribution in [-0.2, 0) is 9.59 Å². The van der Waals surface area contributed by atoms with Crippen molar-refractivity contribution < 1.29 is 28.5 Å². The van der Waals surface area contributed by atoms with Gasteiger partial charge in [-0.25, -0.2) is 4.90 Å². The SMILES string of the molecule is CCOc1ccc(N2C(=O)C(Cl)=C(c3ccc(OC)c(OC)c3)C2=O)cc1OCC. The molecule has 1 aliphatic heterocycles. The Balaban J connectivity index is 2.01. The van der Waals surface area contributed by atoms with Crippen molar-refractivity contribution in [2.24, 2.45) is 0 Å². The highest BCUT2D eigenvalue weighted by atomic mass is 35.5. The zero-order chi connectivity index (χ0) is 21.8. The van der Waals surface area contributed by atoms with Gasteiger partial charge in [-0.3, -0.25) is 9.59 Å². The number of imide groups is 1. The van der Waals surface area contributed by atoms with Gasteiger partial charge in [0.2, 0.25) is 0 Å². The molecule has 1 aliphatic rings. The van der Waals surface area contributed by atoms with E-state index in [2.05, 4.69) is 0 Å².